The molecular weight excluding hydrogens is 386 g/mol. The monoisotopic (exact) mass is 407 g/mol. The van der Waals surface area contributed by atoms with Gasteiger partial charge in [-0.15, -0.1) is 11.3 Å². The van der Waals surface area contributed by atoms with Gasteiger partial charge in [0.15, 0.2) is 0 Å². The molecule has 0 atom stereocenters. The topological polar surface area (TPSA) is 114 Å². The van der Waals surface area contributed by atoms with Gasteiger partial charge in [-0.05, 0) is 26.0 Å². The molecule has 1 aromatic carbocycles. The molecule has 0 aliphatic heterocycles. The lowest BCUT2D eigenvalue weighted by molar-refractivity contribution is 0.0435. The van der Waals surface area contributed by atoms with E-state index in [9.17, 15) is 14.4 Å². The summed E-state index contributed by atoms with van der Waals surface area (Å²) in [7, 11) is 1.43. The predicted molar refractivity (Wildman–Crippen MR) is 103 cm³/mol. The van der Waals surface area contributed by atoms with Crippen molar-refractivity contribution in [3.8, 4) is 5.75 Å². The van der Waals surface area contributed by atoms with E-state index in [1.807, 2.05) is 0 Å². The van der Waals surface area contributed by atoms with Crippen molar-refractivity contribution in [1.82, 2.24) is 0 Å². The van der Waals surface area contributed by atoms with Gasteiger partial charge >= 0.3 is 17.9 Å². The zero-order valence-corrected chi connectivity index (χ0v) is 16.6. The highest BCUT2D eigenvalue weighted by Crippen LogP contribution is 2.33. The van der Waals surface area contributed by atoms with Crippen LogP contribution in [0.1, 0.15) is 49.8 Å². The lowest BCUT2D eigenvalue weighted by atomic mass is 10.1. The van der Waals surface area contributed by atoms with Crippen molar-refractivity contribution < 1.29 is 33.3 Å². The van der Waals surface area contributed by atoms with E-state index >= 15 is 0 Å². The summed E-state index contributed by atoms with van der Waals surface area (Å²) in [5, 5.41) is 0.0878. The van der Waals surface area contributed by atoms with E-state index in [4.69, 9.17) is 24.7 Å². The summed E-state index contributed by atoms with van der Waals surface area (Å²) in [5.41, 5.74) is 6.29. The molecule has 9 heteroatoms. The molecule has 0 aliphatic rings. The first-order chi connectivity index (χ1) is 13.4. The van der Waals surface area contributed by atoms with Gasteiger partial charge in [-0.3, -0.25) is 0 Å². The van der Waals surface area contributed by atoms with Gasteiger partial charge in [0.2, 0.25) is 0 Å². The van der Waals surface area contributed by atoms with Crippen molar-refractivity contribution in [2.24, 2.45) is 0 Å². The molecule has 28 heavy (non-hydrogen) atoms. The summed E-state index contributed by atoms with van der Waals surface area (Å²) >= 11 is 0.885. The highest BCUT2D eigenvalue weighted by Gasteiger charge is 2.29. The van der Waals surface area contributed by atoms with Crippen LogP contribution in [-0.2, 0) is 20.8 Å². The van der Waals surface area contributed by atoms with Gasteiger partial charge in [0, 0.05) is 5.56 Å². The molecular formula is C19H21NO7S. The Kier molecular flexibility index (Phi) is 7.39. The molecule has 150 valence electrons. The van der Waals surface area contributed by atoms with Gasteiger partial charge in [0.1, 0.15) is 33.4 Å². The largest absolute Gasteiger partial charge is 0.496 e. The van der Waals surface area contributed by atoms with E-state index in [-0.39, 0.29) is 46.4 Å². The minimum atomic E-state index is -0.699. The number of carbonyl (C=O) groups excluding carboxylic acids is 3. The maximum absolute atomic E-state index is 12.5. The number of nitrogen functional groups attached to an aromatic ring is 1. The van der Waals surface area contributed by atoms with E-state index < -0.39 is 17.9 Å². The van der Waals surface area contributed by atoms with Gasteiger partial charge in [-0.25, -0.2) is 14.4 Å². The van der Waals surface area contributed by atoms with Crippen molar-refractivity contribution in [2.45, 2.75) is 20.5 Å². The standard InChI is InChI=1S/C19H21NO7S/c1-4-25-18(22)14-12(15(28-16(14)20)19(23)26-5-2)10-27-17(21)11-8-6-7-9-13(11)24-3/h6-9H,4-5,10,20H2,1-3H3. The van der Waals surface area contributed by atoms with Crippen LogP contribution >= 0.6 is 11.3 Å². The Morgan fingerprint density at radius 3 is 2.25 bits per heavy atom. The molecule has 0 saturated carbocycles. The van der Waals surface area contributed by atoms with Crippen LogP contribution in [0.5, 0.6) is 5.75 Å². The predicted octanol–water partition coefficient (Wildman–Crippen LogP) is 3.05. The van der Waals surface area contributed by atoms with Gasteiger partial charge < -0.3 is 24.7 Å². The Bertz CT molecular complexity index is 875. The van der Waals surface area contributed by atoms with Crippen molar-refractivity contribution in [1.29, 1.82) is 0 Å². The molecule has 0 unspecified atom stereocenters. The zero-order valence-electron chi connectivity index (χ0n) is 15.8. The Morgan fingerprint density at radius 2 is 1.61 bits per heavy atom. The average molecular weight is 407 g/mol. The first-order valence-corrected chi connectivity index (χ1v) is 9.31. The number of methoxy groups -OCH3 is 1. The Morgan fingerprint density at radius 1 is 0.964 bits per heavy atom. The molecule has 0 spiro atoms. The van der Waals surface area contributed by atoms with Crippen LogP contribution in [0.15, 0.2) is 24.3 Å². The van der Waals surface area contributed by atoms with Crippen molar-refractivity contribution in [3.05, 3.63) is 45.8 Å². The first-order valence-electron chi connectivity index (χ1n) is 8.50. The molecule has 0 bridgehead atoms. The molecule has 0 saturated heterocycles. The summed E-state index contributed by atoms with van der Waals surface area (Å²) in [5.74, 6) is -1.69. The Labute approximate surface area is 166 Å². The second-order valence-corrected chi connectivity index (χ2v) is 6.42. The smallest absolute Gasteiger partial charge is 0.348 e. The first kappa shape index (κ1) is 21.2. The number of benzene rings is 1. The summed E-state index contributed by atoms with van der Waals surface area (Å²) in [6, 6.07) is 6.54. The lowest BCUT2D eigenvalue weighted by Crippen LogP contribution is -2.14. The quantitative estimate of drug-likeness (QED) is 0.525. The molecule has 0 fully saturated rings. The number of nitrogens with two attached hydrogens (primary N) is 1. The third-order valence-electron chi connectivity index (χ3n) is 3.65. The summed E-state index contributed by atoms with van der Waals surface area (Å²) in [4.78, 5) is 37.1. The van der Waals surface area contributed by atoms with Crippen LogP contribution in [0.4, 0.5) is 5.00 Å². The molecule has 8 nitrogen and oxygen atoms in total. The number of thiophene rings is 1. The van der Waals surface area contributed by atoms with Gasteiger partial charge in [-0.1, -0.05) is 12.1 Å². The lowest BCUT2D eigenvalue weighted by Gasteiger charge is -2.10. The highest BCUT2D eigenvalue weighted by atomic mass is 32.1. The van der Waals surface area contributed by atoms with Crippen molar-refractivity contribution >= 4 is 34.2 Å². The maximum Gasteiger partial charge on any atom is 0.348 e. The SMILES string of the molecule is CCOC(=O)c1sc(N)c(C(=O)OCC)c1COC(=O)c1ccccc1OC. The number of anilines is 1. The number of hydrogen-bond donors (Lipinski definition) is 1. The fraction of sp³-hybridized carbons (Fsp3) is 0.316. The molecule has 2 rings (SSSR count). The molecule has 0 radical (unpaired) electrons. The number of rotatable bonds is 8. The third-order valence-corrected chi connectivity index (χ3v) is 4.69. The van der Waals surface area contributed by atoms with Gasteiger partial charge in [-0.2, -0.15) is 0 Å². The van der Waals surface area contributed by atoms with Crippen LogP contribution < -0.4 is 10.5 Å². The van der Waals surface area contributed by atoms with E-state index in [2.05, 4.69) is 0 Å². The Hall–Kier alpha value is -3.07. The summed E-state index contributed by atoms with van der Waals surface area (Å²) in [6.07, 6.45) is 0. The van der Waals surface area contributed by atoms with E-state index in [0.29, 0.717) is 5.75 Å². The van der Waals surface area contributed by atoms with E-state index in [0.717, 1.165) is 11.3 Å². The van der Waals surface area contributed by atoms with Crippen LogP contribution in [0, 0.1) is 0 Å². The van der Waals surface area contributed by atoms with E-state index in [1.54, 1.807) is 38.1 Å². The van der Waals surface area contributed by atoms with Crippen molar-refractivity contribution in [3.63, 3.8) is 0 Å². The number of esters is 3. The minimum absolute atomic E-state index is 0.00253. The zero-order chi connectivity index (χ0) is 20.7. The van der Waals surface area contributed by atoms with Crippen LogP contribution in [0.25, 0.3) is 0 Å². The molecule has 0 amide bonds. The number of para-hydroxylation sites is 1. The fourth-order valence-corrected chi connectivity index (χ4v) is 3.39. The molecule has 1 heterocycles. The highest BCUT2D eigenvalue weighted by molar-refractivity contribution is 7.18. The average Bonchev–Trinajstić information content (AvgIpc) is 3.02. The van der Waals surface area contributed by atoms with E-state index in [1.165, 1.54) is 7.11 Å². The molecule has 2 N–H and O–H groups in total. The molecule has 2 aromatic rings. The van der Waals surface area contributed by atoms with Gasteiger partial charge in [0.25, 0.3) is 0 Å². The van der Waals surface area contributed by atoms with Crippen LogP contribution in [0.2, 0.25) is 0 Å². The van der Waals surface area contributed by atoms with Crippen LogP contribution in [-0.4, -0.2) is 38.2 Å². The normalized spacial score (nSPS) is 10.2. The second kappa shape index (κ2) is 9.75. The molecule has 1 aromatic heterocycles. The Balaban J connectivity index is 2.35. The van der Waals surface area contributed by atoms with Crippen LogP contribution in [0.3, 0.4) is 0 Å². The number of hydrogen-bond acceptors (Lipinski definition) is 9. The van der Waals surface area contributed by atoms with Crippen molar-refractivity contribution in [2.75, 3.05) is 26.1 Å². The summed E-state index contributed by atoms with van der Waals surface area (Å²) in [6.45, 7) is 3.22. The fourth-order valence-electron chi connectivity index (χ4n) is 2.44. The second-order valence-electron chi connectivity index (χ2n) is 5.37. The molecule has 0 aliphatic carbocycles. The maximum atomic E-state index is 12.5. The third kappa shape index (κ3) is 4.61. The number of carbonyl (C=O) groups is 3. The minimum Gasteiger partial charge on any atom is -0.496 e. The number of ether oxygens (including phenoxy) is 4. The van der Waals surface area contributed by atoms with Gasteiger partial charge in [0.05, 0.1) is 20.3 Å². The summed E-state index contributed by atoms with van der Waals surface area (Å²) < 4.78 is 20.5.